The zero-order valence-corrected chi connectivity index (χ0v) is 47.1. The van der Waals surface area contributed by atoms with Crippen LogP contribution >= 0.6 is 0 Å². The van der Waals surface area contributed by atoms with Gasteiger partial charge in [-0.05, 0) is 116 Å². The van der Waals surface area contributed by atoms with E-state index in [0.717, 1.165) is 154 Å². The van der Waals surface area contributed by atoms with E-state index in [2.05, 4.69) is 154 Å². The van der Waals surface area contributed by atoms with Crippen LogP contribution in [0.4, 0.5) is 0 Å². The molecule has 6 nitrogen and oxygen atoms in total. The largest absolute Gasteiger partial charge is 0.462 e. The molecular formula is C67H108O6. The molecule has 0 radical (unpaired) electrons. The Labute approximate surface area is 449 Å². The van der Waals surface area contributed by atoms with Crippen molar-refractivity contribution in [1.29, 1.82) is 0 Å². The lowest BCUT2D eigenvalue weighted by atomic mass is 10.1. The molecule has 0 spiro atoms. The first-order chi connectivity index (χ1) is 36.0. The number of hydrogen-bond acceptors (Lipinski definition) is 6. The maximum atomic E-state index is 12.9. The van der Waals surface area contributed by atoms with Gasteiger partial charge in [0.1, 0.15) is 13.2 Å². The van der Waals surface area contributed by atoms with Crippen LogP contribution in [0, 0.1) is 0 Å². The fourth-order valence-corrected chi connectivity index (χ4v) is 7.77. The summed E-state index contributed by atoms with van der Waals surface area (Å²) in [5.74, 6) is -0.936. The lowest BCUT2D eigenvalue weighted by Crippen LogP contribution is -2.30. The Hall–Kier alpha value is -4.45. The molecule has 1 unspecified atom stereocenters. The van der Waals surface area contributed by atoms with Crippen LogP contribution in [0.25, 0.3) is 0 Å². The van der Waals surface area contributed by atoms with Crippen LogP contribution in [-0.2, 0) is 28.6 Å². The molecule has 412 valence electrons. The molecule has 0 amide bonds. The van der Waals surface area contributed by atoms with Crippen molar-refractivity contribution in [1.82, 2.24) is 0 Å². The van der Waals surface area contributed by atoms with Gasteiger partial charge in [-0.2, -0.15) is 0 Å². The molecule has 0 saturated heterocycles. The van der Waals surface area contributed by atoms with Gasteiger partial charge in [0.15, 0.2) is 6.10 Å². The molecular weight excluding hydrogens is 901 g/mol. The standard InChI is InChI=1S/C67H108O6/c1-4-7-10-13-16-19-21-23-25-27-29-31-33-35-37-39-41-43-45-48-51-54-57-60-66(69)72-63-64(62-71-65(68)59-56-53-50-47-18-15-12-9-6-3)73-67(70)61-58-55-52-49-46-44-42-40-38-36-34-32-30-28-26-24-22-20-17-14-11-8-5-2/h7-8,10-11,16-17,19-20,23-26,29-32,35-38,41,43,64H,4-6,9,12-15,18,21-22,27-28,33-34,39-40,42,44-63H2,1-3H3/b10-7-,11-8-,19-16-,20-17-,25-23-,26-24-,31-29-,32-30-,37-35-,38-36-,43-41-. The maximum absolute atomic E-state index is 12.9. The van der Waals surface area contributed by atoms with Gasteiger partial charge in [-0.1, -0.05) is 251 Å². The molecule has 0 aliphatic carbocycles. The lowest BCUT2D eigenvalue weighted by molar-refractivity contribution is -0.167. The number of carbonyl (C=O) groups excluding carboxylic acids is 3. The van der Waals surface area contributed by atoms with E-state index in [9.17, 15) is 14.4 Å². The van der Waals surface area contributed by atoms with Crippen molar-refractivity contribution in [3.8, 4) is 0 Å². The molecule has 6 heteroatoms. The van der Waals surface area contributed by atoms with Crippen molar-refractivity contribution in [2.24, 2.45) is 0 Å². The summed E-state index contributed by atoms with van der Waals surface area (Å²) in [6, 6.07) is 0. The fraction of sp³-hybridized carbons (Fsp3) is 0.627. The Morgan fingerprint density at radius 1 is 0.288 bits per heavy atom. The molecule has 73 heavy (non-hydrogen) atoms. The van der Waals surface area contributed by atoms with Gasteiger partial charge in [-0.3, -0.25) is 14.4 Å². The Morgan fingerprint density at radius 3 is 0.836 bits per heavy atom. The van der Waals surface area contributed by atoms with E-state index in [-0.39, 0.29) is 31.1 Å². The highest BCUT2D eigenvalue weighted by Gasteiger charge is 2.19. The second-order valence-corrected chi connectivity index (χ2v) is 19.1. The fourth-order valence-electron chi connectivity index (χ4n) is 7.77. The minimum absolute atomic E-state index is 0.0937. The van der Waals surface area contributed by atoms with E-state index in [1.807, 2.05) is 0 Å². The summed E-state index contributed by atoms with van der Waals surface area (Å²) in [7, 11) is 0. The van der Waals surface area contributed by atoms with Gasteiger partial charge in [0, 0.05) is 19.3 Å². The topological polar surface area (TPSA) is 78.9 Å². The molecule has 1 atom stereocenters. The first-order valence-corrected chi connectivity index (χ1v) is 29.7. The second-order valence-electron chi connectivity index (χ2n) is 19.1. The summed E-state index contributed by atoms with van der Waals surface area (Å²) >= 11 is 0. The smallest absolute Gasteiger partial charge is 0.306 e. The number of ether oxygens (including phenoxy) is 3. The molecule has 0 saturated carbocycles. The number of carbonyl (C=O) groups is 3. The quantitative estimate of drug-likeness (QED) is 0.0261. The average molecular weight is 1010 g/mol. The molecule has 0 aliphatic heterocycles. The molecule has 0 aromatic rings. The monoisotopic (exact) mass is 1010 g/mol. The zero-order valence-electron chi connectivity index (χ0n) is 47.1. The number of hydrogen-bond donors (Lipinski definition) is 0. The van der Waals surface area contributed by atoms with Gasteiger partial charge in [-0.25, -0.2) is 0 Å². The minimum Gasteiger partial charge on any atom is -0.462 e. The number of rotatable bonds is 52. The molecule has 0 aromatic heterocycles. The van der Waals surface area contributed by atoms with Crippen LogP contribution in [0.15, 0.2) is 134 Å². The van der Waals surface area contributed by atoms with Crippen LogP contribution in [0.5, 0.6) is 0 Å². The summed E-state index contributed by atoms with van der Waals surface area (Å²) in [4.78, 5) is 38.1. The third-order valence-corrected chi connectivity index (χ3v) is 12.2. The number of unbranched alkanes of at least 4 members (excludes halogenated alkanes) is 19. The summed E-state index contributed by atoms with van der Waals surface area (Å²) in [6.07, 6.45) is 84.5. The van der Waals surface area contributed by atoms with Gasteiger partial charge in [0.2, 0.25) is 0 Å². The summed E-state index contributed by atoms with van der Waals surface area (Å²) < 4.78 is 16.8. The lowest BCUT2D eigenvalue weighted by Gasteiger charge is -2.18. The predicted molar refractivity (Wildman–Crippen MR) is 316 cm³/mol. The Balaban J connectivity index is 4.37. The highest BCUT2D eigenvalue weighted by molar-refractivity contribution is 5.71. The van der Waals surface area contributed by atoms with Gasteiger partial charge in [0.05, 0.1) is 0 Å². The van der Waals surface area contributed by atoms with Crippen LogP contribution in [0.3, 0.4) is 0 Å². The van der Waals surface area contributed by atoms with Crippen molar-refractivity contribution in [2.45, 2.75) is 258 Å². The molecule has 0 N–H and O–H groups in total. The van der Waals surface area contributed by atoms with Crippen LogP contribution in [-0.4, -0.2) is 37.2 Å². The van der Waals surface area contributed by atoms with E-state index in [1.165, 1.54) is 57.8 Å². The second kappa shape index (κ2) is 60.1. The van der Waals surface area contributed by atoms with E-state index in [0.29, 0.717) is 19.3 Å². The Morgan fingerprint density at radius 2 is 0.534 bits per heavy atom. The maximum Gasteiger partial charge on any atom is 0.306 e. The van der Waals surface area contributed by atoms with Crippen LogP contribution in [0.1, 0.15) is 252 Å². The molecule has 0 rings (SSSR count). The average Bonchev–Trinajstić information content (AvgIpc) is 3.39. The Kier molecular flexibility index (Phi) is 56.4. The van der Waals surface area contributed by atoms with Crippen LogP contribution < -0.4 is 0 Å². The predicted octanol–water partition coefficient (Wildman–Crippen LogP) is 20.2. The molecule has 0 aliphatic rings. The number of allylic oxidation sites excluding steroid dienone is 22. The van der Waals surface area contributed by atoms with Crippen molar-refractivity contribution < 1.29 is 28.6 Å². The van der Waals surface area contributed by atoms with Crippen molar-refractivity contribution >= 4 is 17.9 Å². The zero-order chi connectivity index (χ0) is 52.9. The first-order valence-electron chi connectivity index (χ1n) is 29.7. The van der Waals surface area contributed by atoms with Crippen molar-refractivity contribution in [3.63, 3.8) is 0 Å². The highest BCUT2D eigenvalue weighted by atomic mass is 16.6. The van der Waals surface area contributed by atoms with Gasteiger partial charge in [-0.15, -0.1) is 0 Å². The minimum atomic E-state index is -0.798. The molecule has 0 bridgehead atoms. The number of esters is 3. The molecule has 0 heterocycles. The normalized spacial score (nSPS) is 13.1. The van der Waals surface area contributed by atoms with E-state index in [1.54, 1.807) is 0 Å². The van der Waals surface area contributed by atoms with E-state index in [4.69, 9.17) is 14.2 Å². The van der Waals surface area contributed by atoms with Gasteiger partial charge < -0.3 is 14.2 Å². The summed E-state index contributed by atoms with van der Waals surface area (Å²) in [6.45, 7) is 6.36. The summed E-state index contributed by atoms with van der Waals surface area (Å²) in [5, 5.41) is 0. The first kappa shape index (κ1) is 68.6. The summed E-state index contributed by atoms with van der Waals surface area (Å²) in [5.41, 5.74) is 0. The van der Waals surface area contributed by atoms with E-state index < -0.39 is 6.10 Å². The van der Waals surface area contributed by atoms with Gasteiger partial charge in [0.25, 0.3) is 0 Å². The van der Waals surface area contributed by atoms with Gasteiger partial charge >= 0.3 is 17.9 Å². The molecule has 0 aromatic carbocycles. The SMILES string of the molecule is CC/C=C\C/C=C\C/C=C\C/C=C\C/C=C\C/C=C\CCCCCCC(=O)OCC(COC(=O)CCCCCCCCCCC)OC(=O)CCCCCCCCC/C=C\C/C=C\C/C=C\C/C=C\C/C=C\CC. The molecule has 0 fully saturated rings. The van der Waals surface area contributed by atoms with E-state index >= 15 is 0 Å². The van der Waals surface area contributed by atoms with Crippen LogP contribution in [0.2, 0.25) is 0 Å². The highest BCUT2D eigenvalue weighted by Crippen LogP contribution is 2.14. The van der Waals surface area contributed by atoms with Crippen molar-refractivity contribution in [3.05, 3.63) is 134 Å². The Bertz CT molecular complexity index is 1580. The third-order valence-electron chi connectivity index (χ3n) is 12.2. The van der Waals surface area contributed by atoms with Crippen molar-refractivity contribution in [2.75, 3.05) is 13.2 Å². The third kappa shape index (κ3) is 58.3.